The number of phenols is 1. The fourth-order valence-electron chi connectivity index (χ4n) is 7.47. The molecule has 0 aromatic heterocycles. The molecular formula is C31H48O2S. The molecule has 34 heavy (non-hydrogen) atoms. The first-order chi connectivity index (χ1) is 15.9. The molecule has 0 spiro atoms. The van der Waals surface area contributed by atoms with Crippen molar-refractivity contribution in [2.45, 2.75) is 86.5 Å². The summed E-state index contributed by atoms with van der Waals surface area (Å²) in [6.07, 6.45) is 16.3. The lowest BCUT2D eigenvalue weighted by molar-refractivity contribution is -0.0444. The third kappa shape index (κ3) is 5.11. The molecule has 4 unspecified atom stereocenters. The van der Waals surface area contributed by atoms with Crippen molar-refractivity contribution < 1.29 is 9.29 Å². The summed E-state index contributed by atoms with van der Waals surface area (Å²) in [5.74, 6) is 5.36. The number of hydrogen-bond donors (Lipinski definition) is 1. The van der Waals surface area contributed by atoms with Gasteiger partial charge in [0, 0.05) is 17.6 Å². The molecule has 1 N–H and O–H groups in total. The fourth-order valence-corrected chi connectivity index (χ4v) is 9.49. The number of hydrogen-bond acceptors (Lipinski definition) is 2. The Balaban J connectivity index is 1.33. The molecule has 3 heteroatoms. The predicted molar refractivity (Wildman–Crippen MR) is 149 cm³/mol. The SMILES string of the molecule is CC1=CCC2C(C)(C)CCC[C@]2(C)C1CC(C)[C@H](C)CCCS1(C)C=Cc2cc(O)ccc2O1. The minimum Gasteiger partial charge on any atom is -0.508 e. The number of phenolic OH excluding ortho intramolecular Hbond substituents is 1. The summed E-state index contributed by atoms with van der Waals surface area (Å²) >= 11 is 0. The van der Waals surface area contributed by atoms with Gasteiger partial charge >= 0.3 is 0 Å². The summed E-state index contributed by atoms with van der Waals surface area (Å²) in [5.41, 5.74) is 3.59. The first-order valence-corrected chi connectivity index (χ1v) is 15.8. The van der Waals surface area contributed by atoms with E-state index in [2.05, 4.69) is 65.4 Å². The first kappa shape index (κ1) is 25.7. The van der Waals surface area contributed by atoms with Gasteiger partial charge in [0.15, 0.2) is 0 Å². The maximum Gasteiger partial charge on any atom is 0.142 e. The molecule has 1 aromatic rings. The van der Waals surface area contributed by atoms with Crippen LogP contribution in [0.2, 0.25) is 0 Å². The monoisotopic (exact) mass is 484 g/mol. The van der Waals surface area contributed by atoms with Crippen LogP contribution in [0.15, 0.2) is 35.3 Å². The van der Waals surface area contributed by atoms with Gasteiger partial charge in [-0.25, -0.2) is 0 Å². The van der Waals surface area contributed by atoms with Crippen LogP contribution in [0.4, 0.5) is 0 Å². The Hall–Kier alpha value is -1.35. The molecule has 6 atom stereocenters. The smallest absolute Gasteiger partial charge is 0.142 e. The van der Waals surface area contributed by atoms with Crippen molar-refractivity contribution in [1.29, 1.82) is 0 Å². The topological polar surface area (TPSA) is 29.5 Å². The summed E-state index contributed by atoms with van der Waals surface area (Å²) in [4.78, 5) is 0. The third-order valence-electron chi connectivity index (χ3n) is 9.89. The van der Waals surface area contributed by atoms with E-state index in [1.807, 2.05) is 6.07 Å². The molecular weight excluding hydrogens is 436 g/mol. The van der Waals surface area contributed by atoms with Gasteiger partial charge in [0.1, 0.15) is 11.5 Å². The van der Waals surface area contributed by atoms with E-state index in [0.717, 1.165) is 40.7 Å². The van der Waals surface area contributed by atoms with Crippen molar-refractivity contribution in [3.05, 3.63) is 40.8 Å². The minimum atomic E-state index is -1.23. The molecule has 0 radical (unpaired) electrons. The van der Waals surface area contributed by atoms with Gasteiger partial charge in [-0.05, 0) is 110 Å². The second-order valence-electron chi connectivity index (χ2n) is 12.9. The van der Waals surface area contributed by atoms with Crippen molar-refractivity contribution in [2.75, 3.05) is 12.0 Å². The Morgan fingerprint density at radius 3 is 2.68 bits per heavy atom. The molecule has 1 fully saturated rings. The second-order valence-corrected chi connectivity index (χ2v) is 15.8. The molecule has 190 valence electrons. The van der Waals surface area contributed by atoms with Crippen molar-refractivity contribution >= 4 is 16.4 Å². The Bertz CT molecular complexity index is 947. The van der Waals surface area contributed by atoms with Crippen LogP contribution < -0.4 is 4.18 Å². The van der Waals surface area contributed by atoms with E-state index in [1.165, 1.54) is 44.9 Å². The Morgan fingerprint density at radius 1 is 1.15 bits per heavy atom. The van der Waals surface area contributed by atoms with Gasteiger partial charge in [0.2, 0.25) is 0 Å². The third-order valence-corrected chi connectivity index (χ3v) is 12.3. The van der Waals surface area contributed by atoms with Gasteiger partial charge < -0.3 is 9.29 Å². The quantitative estimate of drug-likeness (QED) is 0.391. The van der Waals surface area contributed by atoms with Crippen LogP contribution in [0, 0.1) is 34.5 Å². The van der Waals surface area contributed by atoms with Crippen LogP contribution in [-0.2, 0) is 0 Å². The zero-order valence-corrected chi connectivity index (χ0v) is 23.5. The highest BCUT2D eigenvalue weighted by molar-refractivity contribution is 8.32. The summed E-state index contributed by atoms with van der Waals surface area (Å²) in [6.45, 7) is 15.1. The van der Waals surface area contributed by atoms with Crippen molar-refractivity contribution in [2.24, 2.45) is 34.5 Å². The second kappa shape index (κ2) is 9.60. The van der Waals surface area contributed by atoms with Crippen LogP contribution in [0.3, 0.4) is 0 Å². The standard InChI is InChI=1S/C31H48O2S/c1-22(10-8-18-34(7)19-15-25-21-26(32)12-13-28(25)33-34)24(3)20-27-23(2)11-14-29-30(4,5)16-9-17-31(27,29)6/h11-13,15,19,21-22,24,27,29,32H,8-10,14,16-18,20H2,1-7H3/t22-,24?,27?,29?,31-/m1/s1. The van der Waals surface area contributed by atoms with E-state index >= 15 is 0 Å². The lowest BCUT2D eigenvalue weighted by atomic mass is 9.48. The fraction of sp³-hybridized carbons (Fsp3) is 0.677. The predicted octanol–water partition coefficient (Wildman–Crippen LogP) is 9.35. The van der Waals surface area contributed by atoms with E-state index in [0.29, 0.717) is 16.6 Å². The number of rotatable bonds is 7. The lowest BCUT2D eigenvalue weighted by Crippen LogP contribution is -2.48. The number of allylic oxidation sites excluding steroid dienone is 2. The summed E-state index contributed by atoms with van der Waals surface area (Å²) < 4.78 is 6.42. The maximum absolute atomic E-state index is 9.73. The van der Waals surface area contributed by atoms with Crippen LogP contribution in [0.25, 0.3) is 6.08 Å². The average molecular weight is 485 g/mol. The summed E-state index contributed by atoms with van der Waals surface area (Å²) in [5, 5.41) is 12.0. The van der Waals surface area contributed by atoms with Crippen molar-refractivity contribution in [3.63, 3.8) is 0 Å². The van der Waals surface area contributed by atoms with Crippen LogP contribution in [0.1, 0.15) is 92.1 Å². The highest BCUT2D eigenvalue weighted by Crippen LogP contribution is 2.61. The Labute approximate surface area is 210 Å². The van der Waals surface area contributed by atoms with Gasteiger partial charge in [-0.15, -0.1) is 0 Å². The zero-order valence-electron chi connectivity index (χ0n) is 22.7. The van der Waals surface area contributed by atoms with E-state index in [9.17, 15) is 5.11 Å². The van der Waals surface area contributed by atoms with Crippen molar-refractivity contribution in [3.8, 4) is 11.5 Å². The molecule has 0 bridgehead atoms. The summed E-state index contributed by atoms with van der Waals surface area (Å²) in [7, 11) is -1.23. The highest BCUT2D eigenvalue weighted by Gasteiger charge is 2.51. The highest BCUT2D eigenvalue weighted by atomic mass is 32.3. The normalized spacial score (nSPS) is 35.7. The Kier molecular flexibility index (Phi) is 7.27. The maximum atomic E-state index is 9.73. The molecule has 1 aliphatic heterocycles. The van der Waals surface area contributed by atoms with E-state index < -0.39 is 10.3 Å². The largest absolute Gasteiger partial charge is 0.508 e. The average Bonchev–Trinajstić information content (AvgIpc) is 2.75. The van der Waals surface area contributed by atoms with Crippen LogP contribution >= 0.6 is 10.3 Å². The van der Waals surface area contributed by atoms with Gasteiger partial charge in [-0.1, -0.05) is 63.0 Å². The zero-order chi connectivity index (χ0) is 24.7. The molecule has 0 saturated heterocycles. The molecule has 1 saturated carbocycles. The van der Waals surface area contributed by atoms with Gasteiger partial charge in [-0.3, -0.25) is 0 Å². The molecule has 1 aromatic carbocycles. The van der Waals surface area contributed by atoms with Gasteiger partial charge in [0.05, 0.1) is 0 Å². The molecule has 4 rings (SSSR count). The molecule has 2 aliphatic carbocycles. The molecule has 0 amide bonds. The molecule has 1 heterocycles. The molecule has 3 aliphatic rings. The van der Waals surface area contributed by atoms with E-state index in [1.54, 1.807) is 17.7 Å². The van der Waals surface area contributed by atoms with Crippen molar-refractivity contribution in [1.82, 2.24) is 0 Å². The minimum absolute atomic E-state index is 0.299. The van der Waals surface area contributed by atoms with E-state index in [-0.39, 0.29) is 0 Å². The lowest BCUT2D eigenvalue weighted by Gasteiger charge is -2.57. The van der Waals surface area contributed by atoms with Gasteiger partial charge in [-0.2, -0.15) is 0 Å². The van der Waals surface area contributed by atoms with Crippen LogP contribution in [-0.4, -0.2) is 17.1 Å². The number of fused-ring (bicyclic) bond motifs is 2. The van der Waals surface area contributed by atoms with Crippen LogP contribution in [0.5, 0.6) is 11.5 Å². The Morgan fingerprint density at radius 2 is 1.91 bits per heavy atom. The number of benzene rings is 1. The molecule has 2 nitrogen and oxygen atoms in total. The summed E-state index contributed by atoms with van der Waals surface area (Å²) in [6, 6.07) is 5.42. The van der Waals surface area contributed by atoms with Gasteiger partial charge in [0.25, 0.3) is 0 Å². The van der Waals surface area contributed by atoms with E-state index in [4.69, 9.17) is 4.18 Å². The first-order valence-electron chi connectivity index (χ1n) is 13.6. The number of aromatic hydroxyl groups is 1.